The second-order valence-electron chi connectivity index (χ2n) is 9.75. The van der Waals surface area contributed by atoms with Crippen molar-refractivity contribution in [2.75, 3.05) is 32.9 Å². The summed E-state index contributed by atoms with van der Waals surface area (Å²) in [7, 11) is 0. The van der Waals surface area contributed by atoms with Crippen molar-refractivity contribution >= 4 is 16.5 Å². The highest BCUT2D eigenvalue weighted by Gasteiger charge is 2.28. The van der Waals surface area contributed by atoms with Gasteiger partial charge >= 0.3 is 0 Å². The summed E-state index contributed by atoms with van der Waals surface area (Å²) >= 11 is 0. The van der Waals surface area contributed by atoms with Gasteiger partial charge in [-0.25, -0.2) is 13.2 Å². The molecule has 1 aliphatic heterocycles. The highest BCUT2D eigenvalue weighted by atomic mass is 19.3. The van der Waals surface area contributed by atoms with Gasteiger partial charge in [-0.1, -0.05) is 18.2 Å². The third kappa shape index (κ3) is 5.39. The van der Waals surface area contributed by atoms with Gasteiger partial charge in [0.15, 0.2) is 0 Å². The molecular formula is C29H28F4N2O3. The second-order valence-corrected chi connectivity index (χ2v) is 9.75. The van der Waals surface area contributed by atoms with Crippen molar-refractivity contribution in [2.24, 2.45) is 11.8 Å². The van der Waals surface area contributed by atoms with E-state index in [-0.39, 0.29) is 30.3 Å². The number of aliphatic hydroxyl groups is 1. The Bertz CT molecular complexity index is 1350. The van der Waals surface area contributed by atoms with Crippen molar-refractivity contribution in [3.05, 3.63) is 83.3 Å². The number of allylic oxidation sites excluding steroid dienone is 4. The van der Waals surface area contributed by atoms with Gasteiger partial charge in [0.25, 0.3) is 0 Å². The lowest BCUT2D eigenvalue weighted by Gasteiger charge is -2.37. The van der Waals surface area contributed by atoms with E-state index in [2.05, 4.69) is 9.88 Å². The van der Waals surface area contributed by atoms with Crippen LogP contribution in [0.15, 0.2) is 66.6 Å². The zero-order valence-electron chi connectivity index (χ0n) is 20.5. The summed E-state index contributed by atoms with van der Waals surface area (Å²) in [6, 6.07) is 11.3. The molecule has 0 radical (unpaired) electrons. The third-order valence-corrected chi connectivity index (χ3v) is 7.12. The SMILES string of the molecule is Oc1ccc2c(C(O)c3ccc(OCCN4CC(CF)C4)cc3)c(C3=CCC(C(F)F)C=C3F)cnc2c1. The number of rotatable bonds is 9. The number of fused-ring (bicyclic) bond motifs is 1. The van der Waals surface area contributed by atoms with Crippen LogP contribution in [0.4, 0.5) is 17.6 Å². The van der Waals surface area contributed by atoms with E-state index < -0.39 is 24.3 Å². The van der Waals surface area contributed by atoms with Crippen molar-refractivity contribution in [3.63, 3.8) is 0 Å². The molecule has 0 saturated carbocycles. The Morgan fingerprint density at radius 3 is 2.55 bits per heavy atom. The van der Waals surface area contributed by atoms with E-state index in [4.69, 9.17) is 4.74 Å². The van der Waals surface area contributed by atoms with Crippen molar-refractivity contribution in [3.8, 4) is 11.5 Å². The van der Waals surface area contributed by atoms with Gasteiger partial charge in [0.05, 0.1) is 12.2 Å². The van der Waals surface area contributed by atoms with Crippen molar-refractivity contribution < 1.29 is 32.5 Å². The second kappa shape index (κ2) is 11.1. The number of likely N-dealkylation sites (tertiary alicyclic amines) is 1. The molecule has 0 bridgehead atoms. The van der Waals surface area contributed by atoms with Crippen molar-refractivity contribution in [2.45, 2.75) is 19.0 Å². The standard InChI is InChI=1S/C29H28F4N2O3/c30-13-17-15-35(16-17)9-10-38-21-5-1-18(2-6-21)28(37)27-23-8-4-20(36)12-26(23)34-14-24(27)22-7-3-19(29(32)33)11-25(22)31/h1-2,4-8,11-12,14,17,19,28-29,36-37H,3,9-10,13,15-16H2. The van der Waals surface area contributed by atoms with E-state index in [1.165, 1.54) is 24.4 Å². The molecule has 1 saturated heterocycles. The predicted molar refractivity (Wildman–Crippen MR) is 137 cm³/mol. The number of nitrogens with zero attached hydrogens (tertiary/aromatic N) is 2. The smallest absolute Gasteiger partial charge is 0.245 e. The number of aliphatic hydroxyl groups excluding tert-OH is 1. The fourth-order valence-corrected chi connectivity index (χ4v) is 4.99. The molecule has 2 atom stereocenters. The highest BCUT2D eigenvalue weighted by molar-refractivity contribution is 5.91. The monoisotopic (exact) mass is 528 g/mol. The van der Waals surface area contributed by atoms with Crippen LogP contribution in [-0.2, 0) is 0 Å². The van der Waals surface area contributed by atoms with E-state index in [1.54, 1.807) is 30.3 Å². The number of hydrogen-bond acceptors (Lipinski definition) is 5. The van der Waals surface area contributed by atoms with Gasteiger partial charge in [0, 0.05) is 65.8 Å². The predicted octanol–water partition coefficient (Wildman–Crippen LogP) is 5.82. The lowest BCUT2D eigenvalue weighted by atomic mass is 9.86. The Hall–Kier alpha value is -3.43. The third-order valence-electron chi connectivity index (χ3n) is 7.12. The van der Waals surface area contributed by atoms with E-state index >= 15 is 4.39 Å². The first-order valence-corrected chi connectivity index (χ1v) is 12.5. The van der Waals surface area contributed by atoms with Gasteiger partial charge in [-0.05, 0) is 42.3 Å². The number of halogens is 4. The van der Waals surface area contributed by atoms with E-state index in [0.29, 0.717) is 46.5 Å². The zero-order valence-corrected chi connectivity index (χ0v) is 20.5. The van der Waals surface area contributed by atoms with Crippen LogP contribution < -0.4 is 4.74 Å². The number of aromatic hydroxyl groups is 1. The number of hydrogen-bond donors (Lipinski definition) is 2. The fraction of sp³-hybridized carbons (Fsp3) is 0.345. The van der Waals surface area contributed by atoms with Crippen LogP contribution in [0.3, 0.4) is 0 Å². The number of benzene rings is 2. The highest BCUT2D eigenvalue weighted by Crippen LogP contribution is 2.41. The average Bonchev–Trinajstić information content (AvgIpc) is 2.89. The summed E-state index contributed by atoms with van der Waals surface area (Å²) in [5.74, 6) is -1.29. The van der Waals surface area contributed by atoms with Crippen molar-refractivity contribution in [1.29, 1.82) is 0 Å². The normalized spacial score (nSPS) is 19.3. The topological polar surface area (TPSA) is 65.8 Å². The quantitative estimate of drug-likeness (QED) is 0.343. The van der Waals surface area contributed by atoms with Crippen LogP contribution in [0, 0.1) is 11.8 Å². The molecule has 1 aromatic heterocycles. The largest absolute Gasteiger partial charge is 0.508 e. The van der Waals surface area contributed by atoms with Crippen LogP contribution in [-0.4, -0.2) is 59.4 Å². The van der Waals surface area contributed by atoms with Gasteiger partial charge in [-0.2, -0.15) is 0 Å². The van der Waals surface area contributed by atoms with Crippen LogP contribution in [0.5, 0.6) is 11.5 Å². The summed E-state index contributed by atoms with van der Waals surface area (Å²) < 4.78 is 59.7. The maximum absolute atomic E-state index is 15.0. The molecule has 2 unspecified atom stereocenters. The van der Waals surface area contributed by atoms with Crippen LogP contribution in [0.1, 0.15) is 29.2 Å². The van der Waals surface area contributed by atoms with Crippen LogP contribution >= 0.6 is 0 Å². The maximum Gasteiger partial charge on any atom is 0.245 e. The molecule has 3 aromatic rings. The molecule has 9 heteroatoms. The molecule has 0 amide bonds. The lowest BCUT2D eigenvalue weighted by molar-refractivity contribution is 0.0668. The minimum atomic E-state index is -2.68. The Labute approximate surface area is 217 Å². The molecule has 5 nitrogen and oxygen atoms in total. The van der Waals surface area contributed by atoms with Crippen LogP contribution in [0.25, 0.3) is 16.5 Å². The Balaban J connectivity index is 1.40. The molecule has 38 heavy (non-hydrogen) atoms. The first-order chi connectivity index (χ1) is 18.3. The number of pyridine rings is 1. The maximum atomic E-state index is 15.0. The summed E-state index contributed by atoms with van der Waals surface area (Å²) in [5.41, 5.74) is 1.65. The Morgan fingerprint density at radius 1 is 1.11 bits per heavy atom. The first-order valence-electron chi connectivity index (χ1n) is 12.5. The summed E-state index contributed by atoms with van der Waals surface area (Å²) in [5, 5.41) is 21.9. The number of aromatic nitrogens is 1. The molecule has 2 aromatic carbocycles. The molecule has 2 aliphatic rings. The van der Waals surface area contributed by atoms with E-state index in [9.17, 15) is 23.4 Å². The minimum absolute atomic E-state index is 0.0131. The lowest BCUT2D eigenvalue weighted by Crippen LogP contribution is -2.49. The van der Waals surface area contributed by atoms with E-state index in [1.807, 2.05) is 0 Å². The number of alkyl halides is 3. The van der Waals surface area contributed by atoms with E-state index in [0.717, 1.165) is 19.2 Å². The molecule has 1 aliphatic carbocycles. The average molecular weight is 529 g/mol. The van der Waals surface area contributed by atoms with Gasteiger partial charge < -0.3 is 14.9 Å². The Kier molecular flexibility index (Phi) is 7.67. The molecule has 200 valence electrons. The fourth-order valence-electron chi connectivity index (χ4n) is 4.99. The molecular weight excluding hydrogens is 500 g/mol. The molecule has 5 rings (SSSR count). The molecule has 0 spiro atoms. The molecule has 1 fully saturated rings. The molecule has 2 heterocycles. The number of ether oxygens (including phenoxy) is 1. The van der Waals surface area contributed by atoms with Gasteiger partial charge in [0.1, 0.15) is 30.0 Å². The van der Waals surface area contributed by atoms with Crippen molar-refractivity contribution in [1.82, 2.24) is 9.88 Å². The first kappa shape index (κ1) is 26.2. The number of phenolic OH excluding ortho intramolecular Hbond substituents is 1. The van der Waals surface area contributed by atoms with Gasteiger partial charge in [-0.3, -0.25) is 14.3 Å². The summed E-state index contributed by atoms with van der Waals surface area (Å²) in [6.07, 6.45) is -0.197. The summed E-state index contributed by atoms with van der Waals surface area (Å²) in [6.45, 7) is 2.32. The van der Waals surface area contributed by atoms with Gasteiger partial charge in [0.2, 0.25) is 6.43 Å². The van der Waals surface area contributed by atoms with Gasteiger partial charge in [-0.15, -0.1) is 0 Å². The minimum Gasteiger partial charge on any atom is -0.508 e. The molecule has 2 N–H and O–H groups in total. The van der Waals surface area contributed by atoms with Crippen LogP contribution in [0.2, 0.25) is 0 Å². The number of phenols is 1. The zero-order chi connectivity index (χ0) is 26.8. The Morgan fingerprint density at radius 2 is 1.87 bits per heavy atom. The summed E-state index contributed by atoms with van der Waals surface area (Å²) in [4.78, 5) is 6.45.